The van der Waals surface area contributed by atoms with Crippen molar-refractivity contribution in [2.45, 2.75) is 45.3 Å². The Morgan fingerprint density at radius 1 is 1.31 bits per heavy atom. The van der Waals surface area contributed by atoms with Crippen molar-refractivity contribution in [3.63, 3.8) is 0 Å². The average Bonchev–Trinajstić information content (AvgIpc) is 2.84. The number of hydrogen-bond donors (Lipinski definition) is 1. The quantitative estimate of drug-likeness (QED) is 0.350. The first-order valence-electron chi connectivity index (χ1n) is 8.50. The molecule has 142 valence electrons. The lowest BCUT2D eigenvalue weighted by Gasteiger charge is -2.27. The Kier molecular flexibility index (Phi) is 6.74. The van der Waals surface area contributed by atoms with Crippen LogP contribution in [0.4, 0.5) is 0 Å². The Morgan fingerprint density at radius 2 is 2.04 bits per heavy atom. The zero-order valence-electron chi connectivity index (χ0n) is 15.0. The molecule has 26 heavy (non-hydrogen) atoms. The Hall–Kier alpha value is -2.41. The minimum atomic E-state index is -0.681. The second kappa shape index (κ2) is 8.80. The molecule has 7 nitrogen and oxygen atoms in total. The van der Waals surface area contributed by atoms with Crippen LogP contribution in [0.1, 0.15) is 33.1 Å². The number of aliphatic hydroxyl groups excluding tert-OH is 1. The molecule has 0 aromatic heterocycles. The first-order chi connectivity index (χ1) is 12.3. The van der Waals surface area contributed by atoms with Gasteiger partial charge in [0.25, 0.3) is 0 Å². The smallest absolute Gasteiger partial charge is 0.334 e. The molecule has 2 aliphatic rings. The van der Waals surface area contributed by atoms with Gasteiger partial charge in [-0.15, -0.1) is 0 Å². The maximum Gasteiger partial charge on any atom is 0.334 e. The van der Waals surface area contributed by atoms with E-state index < -0.39 is 36.0 Å². The van der Waals surface area contributed by atoms with E-state index >= 15 is 0 Å². The lowest BCUT2D eigenvalue weighted by atomic mass is 9.85. The number of allylic oxidation sites excluding steroid dienone is 1. The summed E-state index contributed by atoms with van der Waals surface area (Å²) in [5.41, 5.74) is 1.72. The second-order valence-electron chi connectivity index (χ2n) is 6.44. The van der Waals surface area contributed by atoms with E-state index in [1.807, 2.05) is 6.08 Å². The predicted molar refractivity (Wildman–Crippen MR) is 91.8 cm³/mol. The number of aliphatic hydroxyl groups is 1. The molecule has 7 heteroatoms. The molecule has 1 saturated heterocycles. The van der Waals surface area contributed by atoms with E-state index in [0.29, 0.717) is 24.8 Å². The molecule has 1 unspecified atom stereocenters. The topological polar surface area (TPSA) is 99.1 Å². The second-order valence-corrected chi connectivity index (χ2v) is 6.44. The molecule has 0 amide bonds. The van der Waals surface area contributed by atoms with Gasteiger partial charge in [0.05, 0.1) is 12.5 Å². The molecule has 1 aliphatic carbocycles. The van der Waals surface area contributed by atoms with Gasteiger partial charge in [-0.1, -0.05) is 12.7 Å². The molecule has 0 bridgehead atoms. The summed E-state index contributed by atoms with van der Waals surface area (Å²) in [5.74, 6) is -2.00. The molecule has 3 atom stereocenters. The molecule has 0 aromatic carbocycles. The molecule has 0 aromatic rings. The zero-order valence-corrected chi connectivity index (χ0v) is 15.0. The number of rotatable bonds is 4. The minimum Gasteiger partial charge on any atom is -0.461 e. The summed E-state index contributed by atoms with van der Waals surface area (Å²) >= 11 is 0. The summed E-state index contributed by atoms with van der Waals surface area (Å²) in [6, 6.07) is 0. The van der Waals surface area contributed by atoms with Gasteiger partial charge < -0.3 is 19.3 Å². The molecule has 0 saturated carbocycles. The first-order valence-corrected chi connectivity index (χ1v) is 8.50. The van der Waals surface area contributed by atoms with Crippen molar-refractivity contribution in [3.8, 4) is 0 Å². The monoisotopic (exact) mass is 364 g/mol. The first kappa shape index (κ1) is 19.9. The average molecular weight is 364 g/mol. The molecule has 1 aliphatic heterocycles. The zero-order chi connectivity index (χ0) is 19.3. The summed E-state index contributed by atoms with van der Waals surface area (Å²) in [6.45, 7) is 6.31. The number of esters is 3. The third-order valence-electron chi connectivity index (χ3n) is 4.41. The van der Waals surface area contributed by atoms with Crippen LogP contribution in [0.5, 0.6) is 0 Å². The number of ether oxygens (including phenoxy) is 3. The highest BCUT2D eigenvalue weighted by Gasteiger charge is 2.44. The fourth-order valence-corrected chi connectivity index (χ4v) is 3.20. The SMILES string of the molecule is C=C1C(=O)O[C@@H]2/C=C(/COC(C)=O)CC/C=C(/CO)CC(OC(C)=O)[C@@H]12. The van der Waals surface area contributed by atoms with Crippen LogP contribution in [-0.4, -0.2) is 48.4 Å². The van der Waals surface area contributed by atoms with Gasteiger partial charge in [-0.2, -0.15) is 0 Å². The molecule has 1 fully saturated rings. The van der Waals surface area contributed by atoms with Crippen LogP contribution in [0, 0.1) is 5.92 Å². The molecule has 0 spiro atoms. The predicted octanol–water partition coefficient (Wildman–Crippen LogP) is 1.61. The lowest BCUT2D eigenvalue weighted by molar-refractivity contribution is -0.149. The van der Waals surface area contributed by atoms with E-state index in [2.05, 4.69) is 6.58 Å². The molecule has 0 radical (unpaired) electrons. The van der Waals surface area contributed by atoms with Crippen LogP contribution in [0.3, 0.4) is 0 Å². The van der Waals surface area contributed by atoms with Crippen LogP contribution >= 0.6 is 0 Å². The fourth-order valence-electron chi connectivity index (χ4n) is 3.20. The van der Waals surface area contributed by atoms with Gasteiger partial charge in [0.15, 0.2) is 0 Å². The largest absolute Gasteiger partial charge is 0.461 e. The highest BCUT2D eigenvalue weighted by Crippen LogP contribution is 2.36. The van der Waals surface area contributed by atoms with Crippen molar-refractivity contribution >= 4 is 17.9 Å². The Labute approximate surface area is 152 Å². The van der Waals surface area contributed by atoms with E-state index in [0.717, 1.165) is 5.57 Å². The summed E-state index contributed by atoms with van der Waals surface area (Å²) in [7, 11) is 0. The van der Waals surface area contributed by atoms with Gasteiger partial charge >= 0.3 is 17.9 Å². The number of carbonyl (C=O) groups is 3. The molecule has 2 rings (SSSR count). The summed E-state index contributed by atoms with van der Waals surface area (Å²) in [4.78, 5) is 34.7. The van der Waals surface area contributed by atoms with Crippen molar-refractivity contribution in [2.75, 3.05) is 13.2 Å². The van der Waals surface area contributed by atoms with Crippen molar-refractivity contribution in [1.82, 2.24) is 0 Å². The van der Waals surface area contributed by atoms with E-state index in [9.17, 15) is 19.5 Å². The Morgan fingerprint density at radius 3 is 2.65 bits per heavy atom. The van der Waals surface area contributed by atoms with Crippen molar-refractivity contribution < 1.29 is 33.7 Å². The summed E-state index contributed by atoms with van der Waals surface area (Å²) in [6.07, 6.45) is 3.77. The van der Waals surface area contributed by atoms with Gasteiger partial charge in [0.1, 0.15) is 18.8 Å². The van der Waals surface area contributed by atoms with Gasteiger partial charge in [0.2, 0.25) is 0 Å². The van der Waals surface area contributed by atoms with Crippen LogP contribution in [0.25, 0.3) is 0 Å². The standard InChI is InChI=1S/C19H24O7/c1-11-18-16(25-13(3)22)7-14(9-20)5-4-6-15(10-24-12(2)21)8-17(18)26-19(11)23/h5,8,16-18,20H,1,4,6-7,9-10H2,2-3H3/b14-5+,15-8+/t16?,17-,18-/m1/s1. The van der Waals surface area contributed by atoms with E-state index in [1.54, 1.807) is 6.08 Å². The molecular formula is C19H24O7. The molecular weight excluding hydrogens is 340 g/mol. The molecule has 1 N–H and O–H groups in total. The number of carbonyl (C=O) groups excluding carboxylic acids is 3. The molecule has 1 heterocycles. The van der Waals surface area contributed by atoms with Crippen LogP contribution in [0.15, 0.2) is 35.5 Å². The Balaban J connectivity index is 2.39. The van der Waals surface area contributed by atoms with Crippen molar-refractivity contribution in [1.29, 1.82) is 0 Å². The van der Waals surface area contributed by atoms with Crippen molar-refractivity contribution in [3.05, 3.63) is 35.5 Å². The fraction of sp³-hybridized carbons (Fsp3) is 0.526. The normalized spacial score (nSPS) is 30.2. The highest BCUT2D eigenvalue weighted by atomic mass is 16.6. The van der Waals surface area contributed by atoms with E-state index in [-0.39, 0.29) is 18.8 Å². The number of hydrogen-bond acceptors (Lipinski definition) is 7. The van der Waals surface area contributed by atoms with E-state index in [1.165, 1.54) is 13.8 Å². The number of fused-ring (bicyclic) bond motifs is 1. The maximum atomic E-state index is 12.1. The van der Waals surface area contributed by atoms with Crippen LogP contribution in [0.2, 0.25) is 0 Å². The van der Waals surface area contributed by atoms with Gasteiger partial charge in [-0.05, 0) is 30.1 Å². The summed E-state index contributed by atoms with van der Waals surface area (Å²) < 4.78 is 15.9. The maximum absolute atomic E-state index is 12.1. The Bertz CT molecular complexity index is 659. The van der Waals surface area contributed by atoms with Crippen LogP contribution in [-0.2, 0) is 28.6 Å². The third kappa shape index (κ3) is 5.05. The van der Waals surface area contributed by atoms with E-state index in [4.69, 9.17) is 14.2 Å². The summed E-state index contributed by atoms with van der Waals surface area (Å²) in [5, 5.41) is 9.61. The van der Waals surface area contributed by atoms with Crippen LogP contribution < -0.4 is 0 Å². The van der Waals surface area contributed by atoms with Gasteiger partial charge in [-0.3, -0.25) is 9.59 Å². The highest BCUT2D eigenvalue weighted by molar-refractivity contribution is 5.91. The third-order valence-corrected chi connectivity index (χ3v) is 4.41. The van der Waals surface area contributed by atoms with Crippen molar-refractivity contribution in [2.24, 2.45) is 5.92 Å². The van der Waals surface area contributed by atoms with Gasteiger partial charge in [-0.25, -0.2) is 4.79 Å². The van der Waals surface area contributed by atoms with Gasteiger partial charge in [0, 0.05) is 25.8 Å². The minimum absolute atomic E-state index is 0.0864. The lowest BCUT2D eigenvalue weighted by Crippen LogP contribution is -2.33.